The summed E-state index contributed by atoms with van der Waals surface area (Å²) in [5.41, 5.74) is 0. The summed E-state index contributed by atoms with van der Waals surface area (Å²) in [4.78, 5) is 2.53. The minimum Gasteiger partial charge on any atom is -0.378 e. The first-order chi connectivity index (χ1) is 15.7. The second-order valence-electron chi connectivity index (χ2n) is 10.0. The van der Waals surface area contributed by atoms with E-state index in [9.17, 15) is 0 Å². The van der Waals surface area contributed by atoms with E-state index >= 15 is 0 Å². The Labute approximate surface area is 200 Å². The number of hydrogen-bond acceptors (Lipinski definition) is 4. The predicted octanol–water partition coefficient (Wildman–Crippen LogP) is 5.52. The van der Waals surface area contributed by atoms with Crippen molar-refractivity contribution in [1.82, 2.24) is 4.90 Å². The van der Waals surface area contributed by atoms with E-state index in [1.165, 1.54) is 90.1 Å². The van der Waals surface area contributed by atoms with Gasteiger partial charge in [0.1, 0.15) is 13.1 Å². The van der Waals surface area contributed by atoms with Gasteiger partial charge in [-0.15, -0.1) is 0 Å². The van der Waals surface area contributed by atoms with Gasteiger partial charge in [-0.25, -0.2) is 0 Å². The van der Waals surface area contributed by atoms with Crippen LogP contribution < -0.4 is 0 Å². The Morgan fingerprint density at radius 3 is 1.62 bits per heavy atom. The van der Waals surface area contributed by atoms with Crippen molar-refractivity contribution < 1.29 is 18.7 Å². The molecule has 0 N–H and O–H groups in total. The molecule has 0 bridgehead atoms. The Balaban J connectivity index is 2.36. The van der Waals surface area contributed by atoms with Gasteiger partial charge in [-0.05, 0) is 25.8 Å². The maximum Gasteiger partial charge on any atom is 0.102 e. The molecule has 1 unspecified atom stereocenters. The highest BCUT2D eigenvalue weighted by molar-refractivity contribution is 4.59. The quantitative estimate of drug-likeness (QED) is 0.254. The number of rotatable bonds is 14. The normalized spacial score (nSPS) is 23.0. The van der Waals surface area contributed by atoms with Crippen molar-refractivity contribution in [2.45, 2.75) is 90.9 Å². The molecule has 1 fully saturated rings. The average molecular weight is 458 g/mol. The van der Waals surface area contributed by atoms with Crippen LogP contribution >= 0.6 is 0 Å². The smallest absolute Gasteiger partial charge is 0.102 e. The lowest BCUT2D eigenvalue weighted by atomic mass is 10.1. The molecule has 1 heterocycles. The summed E-state index contributed by atoms with van der Waals surface area (Å²) in [6, 6.07) is 0. The third kappa shape index (κ3) is 17.3. The molecule has 0 amide bonds. The second-order valence-corrected chi connectivity index (χ2v) is 10.0. The number of ether oxygens (including phenoxy) is 3. The molecule has 0 aromatic heterocycles. The molecule has 0 aromatic carbocycles. The first-order valence-electron chi connectivity index (χ1n) is 14.0. The van der Waals surface area contributed by atoms with Crippen LogP contribution in [-0.4, -0.2) is 95.3 Å². The maximum atomic E-state index is 6.12. The Kier molecular flexibility index (Phi) is 19.9. The summed E-state index contributed by atoms with van der Waals surface area (Å²) in [5.74, 6) is 0. The maximum absolute atomic E-state index is 6.12. The van der Waals surface area contributed by atoms with Crippen LogP contribution in [0.2, 0.25) is 0 Å². The Hall–Kier alpha value is -0.200. The van der Waals surface area contributed by atoms with E-state index in [2.05, 4.69) is 25.8 Å². The third-order valence-electron chi connectivity index (χ3n) is 6.91. The minimum absolute atomic E-state index is 0.711. The average Bonchev–Trinajstić information content (AvgIpc) is 2.79. The first kappa shape index (κ1) is 29.8. The largest absolute Gasteiger partial charge is 0.378 e. The molecule has 5 nitrogen and oxygen atoms in total. The van der Waals surface area contributed by atoms with Gasteiger partial charge in [0.2, 0.25) is 0 Å². The Morgan fingerprint density at radius 1 is 0.562 bits per heavy atom. The molecule has 1 aliphatic rings. The van der Waals surface area contributed by atoms with Crippen LogP contribution in [0.25, 0.3) is 0 Å². The number of likely N-dealkylation sites (N-methyl/N-ethyl adjacent to an activating group) is 1. The van der Waals surface area contributed by atoms with E-state index in [0.29, 0.717) is 13.2 Å². The summed E-state index contributed by atoms with van der Waals surface area (Å²) < 4.78 is 18.9. The van der Waals surface area contributed by atoms with Crippen LogP contribution in [0.4, 0.5) is 0 Å². The van der Waals surface area contributed by atoms with E-state index in [4.69, 9.17) is 14.2 Å². The number of unbranched alkanes of at least 4 members (excludes halogenated alkanes) is 10. The fourth-order valence-corrected chi connectivity index (χ4v) is 4.44. The molecule has 1 aliphatic heterocycles. The van der Waals surface area contributed by atoms with Crippen molar-refractivity contribution in [2.75, 3.05) is 86.0 Å². The standard InChI is InChI=1S/C27H57N2O3/c1-4-6-8-10-12-14-16-28-17-22-30-24-20-29(3,19-15-13-11-9-7-5-2)21-25-32-27-26-31-23-18-28/h4-27H2,1-3H3/q+1. The molecule has 1 atom stereocenters. The van der Waals surface area contributed by atoms with E-state index < -0.39 is 0 Å². The zero-order valence-corrected chi connectivity index (χ0v) is 22.1. The molecule has 192 valence electrons. The zero-order chi connectivity index (χ0) is 23.2. The van der Waals surface area contributed by atoms with Gasteiger partial charge in [0.25, 0.3) is 0 Å². The van der Waals surface area contributed by atoms with Gasteiger partial charge in [0.15, 0.2) is 0 Å². The zero-order valence-electron chi connectivity index (χ0n) is 22.1. The molecular formula is C27H57N2O3+. The molecule has 1 saturated heterocycles. The van der Waals surface area contributed by atoms with Crippen molar-refractivity contribution in [1.29, 1.82) is 0 Å². The van der Waals surface area contributed by atoms with Gasteiger partial charge >= 0.3 is 0 Å². The van der Waals surface area contributed by atoms with E-state index in [0.717, 1.165) is 57.1 Å². The number of hydrogen-bond donors (Lipinski definition) is 0. The van der Waals surface area contributed by atoms with E-state index in [1.54, 1.807) is 0 Å². The summed E-state index contributed by atoms with van der Waals surface area (Å²) >= 11 is 0. The number of quaternary nitrogens is 1. The summed E-state index contributed by atoms with van der Waals surface area (Å²) in [5, 5.41) is 0. The molecule has 0 aliphatic carbocycles. The third-order valence-corrected chi connectivity index (χ3v) is 6.91. The van der Waals surface area contributed by atoms with Gasteiger partial charge in [0.05, 0.1) is 53.2 Å². The van der Waals surface area contributed by atoms with E-state index in [-0.39, 0.29) is 0 Å². The van der Waals surface area contributed by atoms with Gasteiger partial charge < -0.3 is 18.7 Å². The fraction of sp³-hybridized carbons (Fsp3) is 1.00. The van der Waals surface area contributed by atoms with Crippen LogP contribution in [-0.2, 0) is 14.2 Å². The van der Waals surface area contributed by atoms with Crippen LogP contribution in [0, 0.1) is 0 Å². The van der Waals surface area contributed by atoms with Crippen molar-refractivity contribution >= 4 is 0 Å². The lowest BCUT2D eigenvalue weighted by molar-refractivity contribution is -0.910. The lowest BCUT2D eigenvalue weighted by Gasteiger charge is -2.34. The van der Waals surface area contributed by atoms with Crippen LogP contribution in [0.1, 0.15) is 90.9 Å². The summed E-state index contributed by atoms with van der Waals surface area (Å²) in [7, 11) is 2.39. The second kappa shape index (κ2) is 21.3. The highest BCUT2D eigenvalue weighted by atomic mass is 16.5. The van der Waals surface area contributed by atoms with Crippen molar-refractivity contribution in [3.05, 3.63) is 0 Å². The van der Waals surface area contributed by atoms with Crippen molar-refractivity contribution in [3.63, 3.8) is 0 Å². The summed E-state index contributed by atoms with van der Waals surface area (Å²) in [6.07, 6.45) is 16.2. The Bertz CT molecular complexity index is 397. The lowest BCUT2D eigenvalue weighted by Crippen LogP contribution is -2.49. The molecule has 0 aromatic rings. The van der Waals surface area contributed by atoms with Crippen LogP contribution in [0.15, 0.2) is 0 Å². The topological polar surface area (TPSA) is 30.9 Å². The SMILES string of the molecule is CCCCCCCCN1CCOCCOCC[N+](C)(CCCCCCCC)CCOCC1. The molecule has 32 heavy (non-hydrogen) atoms. The molecule has 0 radical (unpaired) electrons. The molecule has 5 heteroatoms. The van der Waals surface area contributed by atoms with Gasteiger partial charge in [0, 0.05) is 13.1 Å². The van der Waals surface area contributed by atoms with Crippen molar-refractivity contribution in [2.24, 2.45) is 0 Å². The molecular weight excluding hydrogens is 400 g/mol. The van der Waals surface area contributed by atoms with Crippen molar-refractivity contribution in [3.8, 4) is 0 Å². The van der Waals surface area contributed by atoms with Gasteiger partial charge in [-0.1, -0.05) is 71.6 Å². The van der Waals surface area contributed by atoms with Crippen LogP contribution in [0.3, 0.4) is 0 Å². The highest BCUT2D eigenvalue weighted by Crippen LogP contribution is 2.11. The highest BCUT2D eigenvalue weighted by Gasteiger charge is 2.21. The molecule has 1 rings (SSSR count). The van der Waals surface area contributed by atoms with Crippen LogP contribution in [0.5, 0.6) is 0 Å². The summed E-state index contributed by atoms with van der Waals surface area (Å²) in [6.45, 7) is 15.9. The van der Waals surface area contributed by atoms with Gasteiger partial charge in [-0.3, -0.25) is 4.90 Å². The fourth-order valence-electron chi connectivity index (χ4n) is 4.44. The molecule has 0 saturated carbocycles. The van der Waals surface area contributed by atoms with Gasteiger partial charge in [-0.2, -0.15) is 0 Å². The Morgan fingerprint density at radius 2 is 1.03 bits per heavy atom. The van der Waals surface area contributed by atoms with E-state index in [1.807, 2.05) is 0 Å². The first-order valence-corrected chi connectivity index (χ1v) is 14.0. The minimum atomic E-state index is 0.711. The molecule has 0 spiro atoms. The number of nitrogens with zero attached hydrogens (tertiary/aromatic N) is 2. The predicted molar refractivity (Wildman–Crippen MR) is 136 cm³/mol. The monoisotopic (exact) mass is 457 g/mol.